The van der Waals surface area contributed by atoms with Gasteiger partial charge in [0, 0.05) is 24.4 Å². The molecule has 0 saturated heterocycles. The summed E-state index contributed by atoms with van der Waals surface area (Å²) in [6.45, 7) is 9.07. The summed E-state index contributed by atoms with van der Waals surface area (Å²) in [6.07, 6.45) is 1.72. The molecule has 1 aromatic carbocycles. The predicted molar refractivity (Wildman–Crippen MR) is 82.1 cm³/mol. The van der Waals surface area contributed by atoms with Gasteiger partial charge in [-0.15, -0.1) is 0 Å². The number of pyridine rings is 1. The summed E-state index contributed by atoms with van der Waals surface area (Å²) >= 11 is 0. The minimum absolute atomic E-state index is 0.0328. The van der Waals surface area contributed by atoms with E-state index in [0.717, 1.165) is 17.2 Å². The van der Waals surface area contributed by atoms with Gasteiger partial charge in [0.2, 0.25) is 0 Å². The lowest BCUT2D eigenvalue weighted by Crippen LogP contribution is -2.13. The summed E-state index contributed by atoms with van der Waals surface area (Å²) in [4.78, 5) is 4.18. The largest absolute Gasteiger partial charge is 0.457 e. The topological polar surface area (TPSA) is 48.1 Å². The number of hydrogen-bond acceptors (Lipinski definition) is 3. The van der Waals surface area contributed by atoms with E-state index in [1.807, 2.05) is 18.2 Å². The van der Waals surface area contributed by atoms with E-state index in [-0.39, 0.29) is 5.41 Å². The number of nitrogens with two attached hydrogens (primary N) is 1. The van der Waals surface area contributed by atoms with Crippen molar-refractivity contribution in [2.45, 2.75) is 39.7 Å². The SMILES string of the molecule is Cc1ccc(Oc2ccnc(CN)c2)c(C(C)(C)C)c1. The third-order valence-corrected chi connectivity index (χ3v) is 3.17. The normalized spacial score (nSPS) is 11.4. The fourth-order valence-electron chi connectivity index (χ4n) is 2.08. The van der Waals surface area contributed by atoms with Crippen LogP contribution < -0.4 is 10.5 Å². The maximum absolute atomic E-state index is 6.04. The summed E-state index contributed by atoms with van der Waals surface area (Å²) in [7, 11) is 0. The molecular weight excluding hydrogens is 248 g/mol. The van der Waals surface area contributed by atoms with Gasteiger partial charge in [0.05, 0.1) is 5.69 Å². The molecule has 2 N–H and O–H groups in total. The van der Waals surface area contributed by atoms with Crippen LogP contribution in [0.4, 0.5) is 0 Å². The molecule has 0 radical (unpaired) electrons. The van der Waals surface area contributed by atoms with Crippen molar-refractivity contribution in [1.82, 2.24) is 4.98 Å². The molecule has 0 fully saturated rings. The van der Waals surface area contributed by atoms with Gasteiger partial charge in [0.25, 0.3) is 0 Å². The molecule has 0 spiro atoms. The van der Waals surface area contributed by atoms with Crippen LogP contribution in [0.25, 0.3) is 0 Å². The van der Waals surface area contributed by atoms with E-state index in [1.54, 1.807) is 6.20 Å². The zero-order chi connectivity index (χ0) is 14.8. The van der Waals surface area contributed by atoms with Crippen molar-refractivity contribution in [2.75, 3.05) is 0 Å². The number of hydrogen-bond donors (Lipinski definition) is 1. The summed E-state index contributed by atoms with van der Waals surface area (Å²) in [5.41, 5.74) is 8.91. The molecule has 1 heterocycles. The Kier molecular flexibility index (Phi) is 4.09. The van der Waals surface area contributed by atoms with Crippen molar-refractivity contribution in [3.8, 4) is 11.5 Å². The maximum Gasteiger partial charge on any atom is 0.131 e. The Hall–Kier alpha value is -1.87. The van der Waals surface area contributed by atoms with E-state index < -0.39 is 0 Å². The third-order valence-electron chi connectivity index (χ3n) is 3.17. The minimum Gasteiger partial charge on any atom is -0.457 e. The Balaban J connectivity index is 2.38. The van der Waals surface area contributed by atoms with Gasteiger partial charge < -0.3 is 10.5 Å². The molecule has 20 heavy (non-hydrogen) atoms. The van der Waals surface area contributed by atoms with Crippen LogP contribution in [0, 0.1) is 6.92 Å². The van der Waals surface area contributed by atoms with Crippen LogP contribution in [0.2, 0.25) is 0 Å². The highest BCUT2D eigenvalue weighted by Gasteiger charge is 2.19. The lowest BCUT2D eigenvalue weighted by molar-refractivity contribution is 0.454. The van der Waals surface area contributed by atoms with Gasteiger partial charge in [-0.1, -0.05) is 38.5 Å². The second-order valence-corrected chi connectivity index (χ2v) is 6.04. The first kappa shape index (κ1) is 14.5. The Bertz CT molecular complexity index is 600. The van der Waals surface area contributed by atoms with E-state index in [4.69, 9.17) is 10.5 Å². The van der Waals surface area contributed by atoms with Gasteiger partial charge in [-0.2, -0.15) is 0 Å². The molecule has 0 amide bonds. The smallest absolute Gasteiger partial charge is 0.131 e. The monoisotopic (exact) mass is 270 g/mol. The average Bonchev–Trinajstić information content (AvgIpc) is 2.40. The standard InChI is InChI=1S/C17H22N2O/c1-12-5-6-16(15(9-12)17(2,3)4)20-14-7-8-19-13(10-14)11-18/h5-10H,11,18H2,1-4H3. The molecule has 3 nitrogen and oxygen atoms in total. The summed E-state index contributed by atoms with van der Waals surface area (Å²) < 4.78 is 6.04. The molecule has 0 bridgehead atoms. The molecule has 0 aliphatic rings. The first-order valence-corrected chi connectivity index (χ1v) is 6.84. The first-order chi connectivity index (χ1) is 9.40. The second-order valence-electron chi connectivity index (χ2n) is 6.04. The summed E-state index contributed by atoms with van der Waals surface area (Å²) in [5.74, 6) is 1.66. The fourth-order valence-corrected chi connectivity index (χ4v) is 2.08. The highest BCUT2D eigenvalue weighted by Crippen LogP contribution is 2.34. The number of aromatic nitrogens is 1. The lowest BCUT2D eigenvalue weighted by Gasteiger charge is -2.23. The van der Waals surface area contributed by atoms with Crippen LogP contribution in [0.3, 0.4) is 0 Å². The molecule has 106 valence electrons. The molecule has 3 heteroatoms. The van der Waals surface area contributed by atoms with E-state index in [1.165, 1.54) is 11.1 Å². The molecule has 2 rings (SSSR count). The van der Waals surface area contributed by atoms with Crippen molar-refractivity contribution in [3.05, 3.63) is 53.3 Å². The molecule has 0 atom stereocenters. The molecule has 2 aromatic rings. The van der Waals surface area contributed by atoms with Crippen molar-refractivity contribution in [1.29, 1.82) is 0 Å². The Labute approximate surface area is 120 Å². The second kappa shape index (κ2) is 5.63. The Morgan fingerprint density at radius 1 is 1.15 bits per heavy atom. The highest BCUT2D eigenvalue weighted by molar-refractivity contribution is 5.43. The van der Waals surface area contributed by atoms with Crippen molar-refractivity contribution >= 4 is 0 Å². The zero-order valence-corrected chi connectivity index (χ0v) is 12.6. The Morgan fingerprint density at radius 2 is 1.90 bits per heavy atom. The quantitative estimate of drug-likeness (QED) is 0.919. The highest BCUT2D eigenvalue weighted by atomic mass is 16.5. The summed E-state index contributed by atoms with van der Waals surface area (Å²) in [5, 5.41) is 0. The van der Waals surface area contributed by atoms with Gasteiger partial charge in [-0.05, 0) is 24.5 Å². The third kappa shape index (κ3) is 3.36. The van der Waals surface area contributed by atoms with Crippen LogP contribution in [0.15, 0.2) is 36.5 Å². The average molecular weight is 270 g/mol. The molecular formula is C17H22N2O. The van der Waals surface area contributed by atoms with Crippen LogP contribution in [-0.2, 0) is 12.0 Å². The van der Waals surface area contributed by atoms with Crippen LogP contribution in [-0.4, -0.2) is 4.98 Å². The lowest BCUT2D eigenvalue weighted by atomic mass is 9.85. The number of ether oxygens (including phenoxy) is 1. The van der Waals surface area contributed by atoms with Gasteiger partial charge in [-0.25, -0.2) is 0 Å². The molecule has 1 aromatic heterocycles. The van der Waals surface area contributed by atoms with Crippen molar-refractivity contribution < 1.29 is 4.74 Å². The minimum atomic E-state index is 0.0328. The summed E-state index contributed by atoms with van der Waals surface area (Å²) in [6, 6.07) is 10.0. The maximum atomic E-state index is 6.04. The van der Waals surface area contributed by atoms with Crippen LogP contribution in [0.5, 0.6) is 11.5 Å². The molecule has 0 aliphatic carbocycles. The van der Waals surface area contributed by atoms with Gasteiger partial charge in [0.15, 0.2) is 0 Å². The van der Waals surface area contributed by atoms with Gasteiger partial charge in [-0.3, -0.25) is 4.98 Å². The van der Waals surface area contributed by atoms with E-state index >= 15 is 0 Å². The zero-order valence-electron chi connectivity index (χ0n) is 12.6. The van der Waals surface area contributed by atoms with Gasteiger partial charge in [0.1, 0.15) is 11.5 Å². The molecule has 0 aliphatic heterocycles. The van der Waals surface area contributed by atoms with Crippen LogP contribution >= 0.6 is 0 Å². The molecule has 0 unspecified atom stereocenters. The number of nitrogens with zero attached hydrogens (tertiary/aromatic N) is 1. The van der Waals surface area contributed by atoms with Crippen LogP contribution in [0.1, 0.15) is 37.6 Å². The van der Waals surface area contributed by atoms with Gasteiger partial charge >= 0.3 is 0 Å². The number of benzene rings is 1. The Morgan fingerprint density at radius 3 is 2.55 bits per heavy atom. The van der Waals surface area contributed by atoms with Crippen molar-refractivity contribution in [3.63, 3.8) is 0 Å². The van der Waals surface area contributed by atoms with Crippen molar-refractivity contribution in [2.24, 2.45) is 5.73 Å². The van der Waals surface area contributed by atoms with E-state index in [0.29, 0.717) is 6.54 Å². The first-order valence-electron chi connectivity index (χ1n) is 6.84. The fraction of sp³-hybridized carbons (Fsp3) is 0.353. The molecule has 0 saturated carbocycles. The number of rotatable bonds is 3. The number of aryl methyl sites for hydroxylation is 1. The van der Waals surface area contributed by atoms with E-state index in [9.17, 15) is 0 Å². The van der Waals surface area contributed by atoms with E-state index in [2.05, 4.69) is 44.8 Å². The predicted octanol–water partition coefficient (Wildman–Crippen LogP) is 3.94.